The van der Waals surface area contributed by atoms with Crippen LogP contribution >= 0.6 is 0 Å². The Kier molecular flexibility index (Phi) is 2.56. The second-order valence-electron chi connectivity index (χ2n) is 3.27. The Morgan fingerprint density at radius 3 is 3.08 bits per heavy atom. The predicted octanol–water partition coefficient (Wildman–Crippen LogP) is -0.654. The van der Waals surface area contributed by atoms with E-state index in [9.17, 15) is 0 Å². The van der Waals surface area contributed by atoms with Crippen molar-refractivity contribution < 1.29 is 4.74 Å². The number of rotatable bonds is 4. The van der Waals surface area contributed by atoms with Gasteiger partial charge in [0.25, 0.3) is 0 Å². The summed E-state index contributed by atoms with van der Waals surface area (Å²) >= 11 is 0. The van der Waals surface area contributed by atoms with Crippen LogP contribution in [-0.4, -0.2) is 40.6 Å². The molecule has 1 fully saturated rings. The number of hydrogen-bond acceptors (Lipinski definition) is 4. The topological polar surface area (TPSA) is 52.0 Å². The lowest BCUT2D eigenvalue weighted by molar-refractivity contribution is -0.00472. The summed E-state index contributed by atoms with van der Waals surface area (Å²) < 4.78 is 6.77. The standard InChI is InChI=1S/C8H14N4O/c1-12-6-10-8(11-12)2-3-9-7-4-13-5-7/h6-7,9H,2-5H2,1H3. The van der Waals surface area contributed by atoms with Gasteiger partial charge in [-0.15, -0.1) is 0 Å². The fourth-order valence-electron chi connectivity index (χ4n) is 1.24. The zero-order chi connectivity index (χ0) is 9.10. The Bertz CT molecular complexity index is 269. The van der Waals surface area contributed by atoms with Crippen molar-refractivity contribution in [2.75, 3.05) is 19.8 Å². The lowest BCUT2D eigenvalue weighted by atomic mass is 10.2. The molecule has 0 atom stereocenters. The number of ether oxygens (including phenoxy) is 1. The van der Waals surface area contributed by atoms with Crippen LogP contribution in [-0.2, 0) is 18.2 Å². The van der Waals surface area contributed by atoms with Gasteiger partial charge >= 0.3 is 0 Å². The van der Waals surface area contributed by atoms with Crippen molar-refractivity contribution in [2.24, 2.45) is 7.05 Å². The van der Waals surface area contributed by atoms with Gasteiger partial charge < -0.3 is 10.1 Å². The molecule has 0 saturated carbocycles. The first kappa shape index (κ1) is 8.65. The lowest BCUT2D eigenvalue weighted by Gasteiger charge is -2.26. The molecule has 0 radical (unpaired) electrons. The highest BCUT2D eigenvalue weighted by Gasteiger charge is 2.16. The average Bonchev–Trinajstić information content (AvgIpc) is 2.42. The molecule has 0 amide bonds. The predicted molar refractivity (Wildman–Crippen MR) is 47.3 cm³/mol. The monoisotopic (exact) mass is 182 g/mol. The van der Waals surface area contributed by atoms with E-state index in [1.807, 2.05) is 7.05 Å². The zero-order valence-corrected chi connectivity index (χ0v) is 7.73. The summed E-state index contributed by atoms with van der Waals surface area (Å²) in [7, 11) is 1.88. The van der Waals surface area contributed by atoms with E-state index in [1.54, 1.807) is 11.0 Å². The summed E-state index contributed by atoms with van der Waals surface area (Å²) in [4.78, 5) is 4.14. The molecule has 1 aromatic rings. The molecule has 13 heavy (non-hydrogen) atoms. The molecular weight excluding hydrogens is 168 g/mol. The summed E-state index contributed by atoms with van der Waals surface area (Å²) in [5.74, 6) is 0.898. The van der Waals surface area contributed by atoms with E-state index in [2.05, 4.69) is 15.4 Å². The SMILES string of the molecule is Cn1cnc(CCNC2COC2)n1. The number of aromatic nitrogens is 3. The van der Waals surface area contributed by atoms with E-state index in [0.717, 1.165) is 32.0 Å². The molecule has 1 aliphatic rings. The van der Waals surface area contributed by atoms with Crippen LogP contribution in [0.1, 0.15) is 5.82 Å². The number of aryl methyl sites for hydroxylation is 1. The lowest BCUT2D eigenvalue weighted by Crippen LogP contribution is -2.46. The van der Waals surface area contributed by atoms with E-state index in [4.69, 9.17) is 4.74 Å². The van der Waals surface area contributed by atoms with Gasteiger partial charge in [-0.3, -0.25) is 4.68 Å². The first-order valence-electron chi connectivity index (χ1n) is 4.50. The largest absolute Gasteiger partial charge is 0.378 e. The van der Waals surface area contributed by atoms with Gasteiger partial charge in [-0.1, -0.05) is 0 Å². The smallest absolute Gasteiger partial charge is 0.151 e. The molecule has 72 valence electrons. The van der Waals surface area contributed by atoms with Crippen LogP contribution in [0, 0.1) is 0 Å². The number of nitrogens with zero attached hydrogens (tertiary/aromatic N) is 3. The maximum absolute atomic E-state index is 5.04. The third-order valence-electron chi connectivity index (χ3n) is 2.07. The Labute approximate surface area is 77.1 Å². The molecule has 1 saturated heterocycles. The van der Waals surface area contributed by atoms with Gasteiger partial charge in [-0.2, -0.15) is 5.10 Å². The summed E-state index contributed by atoms with van der Waals surface area (Å²) in [6.45, 7) is 2.61. The van der Waals surface area contributed by atoms with Gasteiger partial charge in [0.05, 0.1) is 19.3 Å². The van der Waals surface area contributed by atoms with Crippen molar-refractivity contribution in [1.29, 1.82) is 0 Å². The first-order valence-corrected chi connectivity index (χ1v) is 4.50. The molecule has 2 rings (SSSR count). The zero-order valence-electron chi connectivity index (χ0n) is 7.73. The third-order valence-corrected chi connectivity index (χ3v) is 2.07. The second-order valence-corrected chi connectivity index (χ2v) is 3.27. The van der Waals surface area contributed by atoms with Crippen LogP contribution in [0.15, 0.2) is 6.33 Å². The highest BCUT2D eigenvalue weighted by atomic mass is 16.5. The molecule has 2 heterocycles. The molecular formula is C8H14N4O. The van der Waals surface area contributed by atoms with Crippen molar-refractivity contribution >= 4 is 0 Å². The average molecular weight is 182 g/mol. The van der Waals surface area contributed by atoms with Gasteiger partial charge in [-0.25, -0.2) is 4.98 Å². The Balaban J connectivity index is 1.67. The van der Waals surface area contributed by atoms with Gasteiger partial charge in [0.1, 0.15) is 6.33 Å². The van der Waals surface area contributed by atoms with Crippen LogP contribution in [0.25, 0.3) is 0 Å². The highest BCUT2D eigenvalue weighted by Crippen LogP contribution is 1.99. The molecule has 0 aromatic carbocycles. The minimum absolute atomic E-state index is 0.545. The molecule has 0 unspecified atom stereocenters. The number of hydrogen-bond donors (Lipinski definition) is 1. The summed E-state index contributed by atoms with van der Waals surface area (Å²) in [6, 6.07) is 0.545. The molecule has 0 aliphatic carbocycles. The van der Waals surface area contributed by atoms with Crippen molar-refractivity contribution in [2.45, 2.75) is 12.5 Å². The fourth-order valence-corrected chi connectivity index (χ4v) is 1.24. The van der Waals surface area contributed by atoms with Gasteiger partial charge in [0, 0.05) is 20.0 Å². The van der Waals surface area contributed by atoms with E-state index >= 15 is 0 Å². The molecule has 1 aromatic heterocycles. The van der Waals surface area contributed by atoms with Gasteiger partial charge in [-0.05, 0) is 0 Å². The first-order chi connectivity index (χ1) is 6.34. The van der Waals surface area contributed by atoms with Crippen LogP contribution in [0.4, 0.5) is 0 Å². The van der Waals surface area contributed by atoms with E-state index < -0.39 is 0 Å². The molecule has 0 bridgehead atoms. The van der Waals surface area contributed by atoms with Crippen molar-refractivity contribution in [3.8, 4) is 0 Å². The third kappa shape index (κ3) is 2.26. The van der Waals surface area contributed by atoms with Crippen LogP contribution < -0.4 is 5.32 Å². The van der Waals surface area contributed by atoms with Crippen LogP contribution in [0.5, 0.6) is 0 Å². The second kappa shape index (κ2) is 3.85. The maximum Gasteiger partial charge on any atom is 0.151 e. The van der Waals surface area contributed by atoms with E-state index in [0.29, 0.717) is 6.04 Å². The van der Waals surface area contributed by atoms with Crippen LogP contribution in [0.2, 0.25) is 0 Å². The summed E-state index contributed by atoms with van der Waals surface area (Å²) in [6.07, 6.45) is 2.61. The molecule has 1 N–H and O–H groups in total. The van der Waals surface area contributed by atoms with Crippen LogP contribution in [0.3, 0.4) is 0 Å². The Hall–Kier alpha value is -0.940. The van der Waals surface area contributed by atoms with Crippen molar-refractivity contribution in [3.05, 3.63) is 12.2 Å². The minimum Gasteiger partial charge on any atom is -0.378 e. The Morgan fingerprint density at radius 2 is 2.54 bits per heavy atom. The molecule has 1 aliphatic heterocycles. The summed E-state index contributed by atoms with van der Waals surface area (Å²) in [5.41, 5.74) is 0. The maximum atomic E-state index is 5.04. The molecule has 5 nitrogen and oxygen atoms in total. The van der Waals surface area contributed by atoms with Gasteiger partial charge in [0.2, 0.25) is 0 Å². The molecule has 0 spiro atoms. The van der Waals surface area contributed by atoms with Crippen molar-refractivity contribution in [1.82, 2.24) is 20.1 Å². The summed E-state index contributed by atoms with van der Waals surface area (Å²) in [5, 5.41) is 7.55. The van der Waals surface area contributed by atoms with Gasteiger partial charge in [0.15, 0.2) is 5.82 Å². The Morgan fingerprint density at radius 1 is 1.69 bits per heavy atom. The quantitative estimate of drug-likeness (QED) is 0.672. The number of nitrogens with one attached hydrogen (secondary N) is 1. The highest BCUT2D eigenvalue weighted by molar-refractivity contribution is 4.83. The van der Waals surface area contributed by atoms with E-state index in [-0.39, 0.29) is 0 Å². The van der Waals surface area contributed by atoms with E-state index in [1.165, 1.54) is 0 Å². The van der Waals surface area contributed by atoms with Crippen molar-refractivity contribution in [3.63, 3.8) is 0 Å². The normalized spacial score (nSPS) is 17.3. The minimum atomic E-state index is 0.545. The molecule has 5 heteroatoms. The fraction of sp³-hybridized carbons (Fsp3) is 0.750.